The third-order valence-corrected chi connectivity index (χ3v) is 3.00. The maximum Gasteiger partial charge on any atom is 0.0303 e. The number of rotatable bonds is 2. The molecule has 0 saturated carbocycles. The van der Waals surface area contributed by atoms with Crippen LogP contribution in [0.4, 0.5) is 0 Å². The Morgan fingerprint density at radius 2 is 1.71 bits per heavy atom. The molecule has 0 aliphatic heterocycles. The maximum absolute atomic E-state index is 4.16. The van der Waals surface area contributed by atoms with E-state index in [1.165, 1.54) is 21.9 Å². The van der Waals surface area contributed by atoms with Gasteiger partial charge in [-0.2, -0.15) is 0 Å². The molecule has 82 valence electrons. The first-order valence-corrected chi connectivity index (χ1v) is 5.79. The van der Waals surface area contributed by atoms with Gasteiger partial charge in [0.25, 0.3) is 0 Å². The Balaban J connectivity index is 2.06. The van der Waals surface area contributed by atoms with E-state index < -0.39 is 0 Å². The molecule has 0 aliphatic carbocycles. The van der Waals surface area contributed by atoms with E-state index in [2.05, 4.69) is 53.5 Å². The summed E-state index contributed by atoms with van der Waals surface area (Å²) >= 11 is 0. The quantitative estimate of drug-likeness (QED) is 0.638. The van der Waals surface area contributed by atoms with Gasteiger partial charge in [-0.15, -0.1) is 0 Å². The van der Waals surface area contributed by atoms with Crippen LogP contribution in [0.15, 0.2) is 67.0 Å². The molecule has 0 spiro atoms. The molecule has 2 aromatic carbocycles. The molecule has 3 rings (SSSR count). The number of benzene rings is 2. The molecule has 0 aliphatic rings. The van der Waals surface area contributed by atoms with E-state index in [4.69, 9.17) is 0 Å². The Kier molecular flexibility index (Phi) is 2.59. The third kappa shape index (κ3) is 2.04. The summed E-state index contributed by atoms with van der Waals surface area (Å²) in [6.07, 6.45) is 4.68. The SMILES string of the molecule is c1cncc(Cc2cccc3ccccc23)c1. The van der Waals surface area contributed by atoms with E-state index in [9.17, 15) is 0 Å². The van der Waals surface area contributed by atoms with Crippen molar-refractivity contribution >= 4 is 10.8 Å². The van der Waals surface area contributed by atoms with E-state index in [0.717, 1.165) is 6.42 Å². The summed E-state index contributed by atoms with van der Waals surface area (Å²) in [4.78, 5) is 4.16. The highest BCUT2D eigenvalue weighted by atomic mass is 14.6. The van der Waals surface area contributed by atoms with E-state index in [1.54, 1.807) is 0 Å². The molecular weight excluding hydrogens is 206 g/mol. The van der Waals surface area contributed by atoms with Crippen molar-refractivity contribution in [1.29, 1.82) is 0 Å². The number of aromatic nitrogens is 1. The Hall–Kier alpha value is -2.15. The topological polar surface area (TPSA) is 12.9 Å². The first kappa shape index (κ1) is 10.0. The minimum Gasteiger partial charge on any atom is -0.264 e. The summed E-state index contributed by atoms with van der Waals surface area (Å²) in [5.41, 5.74) is 2.61. The average molecular weight is 219 g/mol. The molecule has 0 bridgehead atoms. The van der Waals surface area contributed by atoms with Gasteiger partial charge in [-0.3, -0.25) is 4.98 Å². The summed E-state index contributed by atoms with van der Waals surface area (Å²) in [6, 6.07) is 19.1. The normalized spacial score (nSPS) is 10.6. The van der Waals surface area contributed by atoms with Crippen LogP contribution in [0.1, 0.15) is 11.1 Å². The zero-order chi connectivity index (χ0) is 11.5. The molecule has 0 radical (unpaired) electrons. The van der Waals surface area contributed by atoms with Gasteiger partial charge in [0.1, 0.15) is 0 Å². The zero-order valence-corrected chi connectivity index (χ0v) is 9.51. The summed E-state index contributed by atoms with van der Waals surface area (Å²) in [5.74, 6) is 0. The van der Waals surface area contributed by atoms with Gasteiger partial charge in [0, 0.05) is 12.4 Å². The predicted octanol–water partition coefficient (Wildman–Crippen LogP) is 3.83. The van der Waals surface area contributed by atoms with Gasteiger partial charge < -0.3 is 0 Å². The highest BCUT2D eigenvalue weighted by Crippen LogP contribution is 2.20. The molecule has 1 heteroatoms. The number of nitrogens with zero attached hydrogens (tertiary/aromatic N) is 1. The minimum atomic E-state index is 0.940. The molecule has 0 saturated heterocycles. The van der Waals surface area contributed by atoms with Crippen molar-refractivity contribution in [2.24, 2.45) is 0 Å². The first-order chi connectivity index (χ1) is 8.43. The largest absolute Gasteiger partial charge is 0.264 e. The van der Waals surface area contributed by atoms with Gasteiger partial charge in [-0.05, 0) is 34.4 Å². The van der Waals surface area contributed by atoms with Crippen molar-refractivity contribution in [3.05, 3.63) is 78.1 Å². The van der Waals surface area contributed by atoms with Crippen LogP contribution in [0, 0.1) is 0 Å². The van der Waals surface area contributed by atoms with Crippen molar-refractivity contribution in [3.63, 3.8) is 0 Å². The van der Waals surface area contributed by atoms with Crippen LogP contribution in [-0.2, 0) is 6.42 Å². The second-order valence-corrected chi connectivity index (χ2v) is 4.18. The van der Waals surface area contributed by atoms with Crippen LogP contribution in [0.2, 0.25) is 0 Å². The number of hydrogen-bond donors (Lipinski definition) is 0. The highest BCUT2D eigenvalue weighted by molar-refractivity contribution is 5.85. The zero-order valence-electron chi connectivity index (χ0n) is 9.51. The summed E-state index contributed by atoms with van der Waals surface area (Å²) in [6.45, 7) is 0. The molecule has 1 aromatic heterocycles. The fourth-order valence-electron chi connectivity index (χ4n) is 2.17. The summed E-state index contributed by atoms with van der Waals surface area (Å²) in [5, 5.41) is 2.63. The number of pyridine rings is 1. The number of hydrogen-bond acceptors (Lipinski definition) is 1. The highest BCUT2D eigenvalue weighted by Gasteiger charge is 2.01. The van der Waals surface area contributed by atoms with Crippen LogP contribution >= 0.6 is 0 Å². The average Bonchev–Trinajstić information content (AvgIpc) is 2.40. The Morgan fingerprint density at radius 3 is 2.59 bits per heavy atom. The lowest BCUT2D eigenvalue weighted by Crippen LogP contribution is -1.90. The van der Waals surface area contributed by atoms with Gasteiger partial charge in [0.05, 0.1) is 0 Å². The van der Waals surface area contributed by atoms with Crippen LogP contribution in [0.3, 0.4) is 0 Å². The molecule has 0 N–H and O–H groups in total. The Bertz CT molecular complexity index is 624. The lowest BCUT2D eigenvalue weighted by atomic mass is 9.99. The van der Waals surface area contributed by atoms with Crippen LogP contribution in [0.5, 0.6) is 0 Å². The molecule has 1 heterocycles. The molecular formula is C16H13N. The van der Waals surface area contributed by atoms with Crippen molar-refractivity contribution in [3.8, 4) is 0 Å². The van der Waals surface area contributed by atoms with E-state index in [0.29, 0.717) is 0 Å². The molecule has 0 fully saturated rings. The van der Waals surface area contributed by atoms with E-state index in [-0.39, 0.29) is 0 Å². The third-order valence-electron chi connectivity index (χ3n) is 3.00. The van der Waals surface area contributed by atoms with Gasteiger partial charge in [-0.1, -0.05) is 48.5 Å². The second-order valence-electron chi connectivity index (χ2n) is 4.18. The van der Waals surface area contributed by atoms with Crippen LogP contribution in [-0.4, -0.2) is 4.98 Å². The van der Waals surface area contributed by atoms with Crippen molar-refractivity contribution in [2.75, 3.05) is 0 Å². The van der Waals surface area contributed by atoms with Crippen LogP contribution in [0.25, 0.3) is 10.8 Å². The van der Waals surface area contributed by atoms with E-state index >= 15 is 0 Å². The predicted molar refractivity (Wildman–Crippen MR) is 71.0 cm³/mol. The maximum atomic E-state index is 4.16. The van der Waals surface area contributed by atoms with Gasteiger partial charge in [0.2, 0.25) is 0 Å². The monoisotopic (exact) mass is 219 g/mol. The minimum absolute atomic E-state index is 0.940. The van der Waals surface area contributed by atoms with Gasteiger partial charge >= 0.3 is 0 Å². The smallest absolute Gasteiger partial charge is 0.0303 e. The van der Waals surface area contributed by atoms with Crippen LogP contribution < -0.4 is 0 Å². The Morgan fingerprint density at radius 1 is 0.824 bits per heavy atom. The van der Waals surface area contributed by atoms with Crippen molar-refractivity contribution in [1.82, 2.24) is 4.98 Å². The molecule has 17 heavy (non-hydrogen) atoms. The number of fused-ring (bicyclic) bond motifs is 1. The fraction of sp³-hybridized carbons (Fsp3) is 0.0625. The van der Waals surface area contributed by atoms with Crippen molar-refractivity contribution in [2.45, 2.75) is 6.42 Å². The van der Waals surface area contributed by atoms with Gasteiger partial charge in [-0.25, -0.2) is 0 Å². The first-order valence-electron chi connectivity index (χ1n) is 5.79. The van der Waals surface area contributed by atoms with E-state index in [1.807, 2.05) is 18.5 Å². The molecule has 0 unspecified atom stereocenters. The molecule has 0 amide bonds. The lowest BCUT2D eigenvalue weighted by Gasteiger charge is -2.06. The van der Waals surface area contributed by atoms with Crippen molar-refractivity contribution < 1.29 is 0 Å². The molecule has 1 nitrogen and oxygen atoms in total. The summed E-state index contributed by atoms with van der Waals surface area (Å²) in [7, 11) is 0. The second kappa shape index (κ2) is 4.38. The molecule has 3 aromatic rings. The lowest BCUT2D eigenvalue weighted by molar-refractivity contribution is 1.16. The molecule has 0 atom stereocenters. The standard InChI is InChI=1S/C16H13N/c1-2-9-16-14(6-1)7-3-8-15(16)11-13-5-4-10-17-12-13/h1-10,12H,11H2. The van der Waals surface area contributed by atoms with Gasteiger partial charge in [0.15, 0.2) is 0 Å². The fourth-order valence-corrected chi connectivity index (χ4v) is 2.17. The summed E-state index contributed by atoms with van der Waals surface area (Å²) < 4.78 is 0. The Labute approximate surface area is 101 Å².